The Hall–Kier alpha value is -1.13. The summed E-state index contributed by atoms with van der Waals surface area (Å²) < 4.78 is 0. The molecule has 5 nitrogen and oxygen atoms in total. The predicted octanol–water partition coefficient (Wildman–Crippen LogP) is 5.69. The van der Waals surface area contributed by atoms with Gasteiger partial charge >= 0.3 is 5.97 Å². The van der Waals surface area contributed by atoms with Gasteiger partial charge in [-0.1, -0.05) is 84.0 Å². The smallest absolute Gasteiger partial charge is 0.303 e. The van der Waals surface area contributed by atoms with Crippen LogP contribution in [0, 0.1) is 4.91 Å². The molecule has 0 aliphatic rings. The number of hydrogen-bond donors (Lipinski definition) is 2. The average Bonchev–Trinajstić information content (AvgIpc) is 2.44. The zero-order chi connectivity index (χ0) is 16.2. The number of carbonyl (C=O) groups is 1. The first-order valence-electron chi connectivity index (χ1n) is 8.37. The molecule has 21 heavy (non-hydrogen) atoms. The van der Waals surface area contributed by atoms with E-state index in [-0.39, 0.29) is 0 Å². The van der Waals surface area contributed by atoms with E-state index in [1.54, 1.807) is 0 Å². The minimum Gasteiger partial charge on any atom is -0.481 e. The second-order valence-electron chi connectivity index (χ2n) is 5.47. The number of aliphatic carboxylic acids is 1. The Balaban J connectivity index is 0. The van der Waals surface area contributed by atoms with Crippen LogP contribution in [-0.4, -0.2) is 16.3 Å². The van der Waals surface area contributed by atoms with Gasteiger partial charge in [-0.25, -0.2) is 0 Å². The molecule has 0 saturated carbocycles. The molecule has 0 aromatic carbocycles. The van der Waals surface area contributed by atoms with Crippen molar-refractivity contribution in [1.29, 1.82) is 0 Å². The summed E-state index contributed by atoms with van der Waals surface area (Å²) in [7, 11) is 0. The van der Waals surface area contributed by atoms with E-state index < -0.39 is 5.97 Å². The van der Waals surface area contributed by atoms with E-state index in [1.165, 1.54) is 76.0 Å². The molecular weight excluding hydrogens is 270 g/mol. The predicted molar refractivity (Wildman–Crippen MR) is 85.5 cm³/mol. The summed E-state index contributed by atoms with van der Waals surface area (Å²) in [6.45, 7) is 2.26. The molecule has 126 valence electrons. The second kappa shape index (κ2) is 21.2. The van der Waals surface area contributed by atoms with Crippen molar-refractivity contribution < 1.29 is 15.1 Å². The fraction of sp³-hybridized carbons (Fsp3) is 0.938. The van der Waals surface area contributed by atoms with E-state index in [2.05, 4.69) is 6.92 Å². The Kier molecular flexibility index (Phi) is 22.3. The second-order valence-corrected chi connectivity index (χ2v) is 5.47. The molecule has 0 amide bonds. The van der Waals surface area contributed by atoms with Gasteiger partial charge in [0.05, 0.1) is 0 Å². The van der Waals surface area contributed by atoms with Crippen LogP contribution in [0.3, 0.4) is 0 Å². The van der Waals surface area contributed by atoms with E-state index in [0.717, 1.165) is 12.8 Å². The lowest BCUT2D eigenvalue weighted by atomic mass is 10.0. The van der Waals surface area contributed by atoms with Crippen LogP contribution < -0.4 is 0 Å². The van der Waals surface area contributed by atoms with Crippen LogP contribution in [0.4, 0.5) is 0 Å². The molecular formula is C16H33NO4. The molecule has 0 aliphatic heterocycles. The van der Waals surface area contributed by atoms with Crippen molar-refractivity contribution in [2.75, 3.05) is 0 Å². The van der Waals surface area contributed by atoms with Crippen molar-refractivity contribution in [1.82, 2.24) is 0 Å². The molecule has 5 heteroatoms. The molecule has 0 rings (SSSR count). The van der Waals surface area contributed by atoms with Gasteiger partial charge in [0.2, 0.25) is 0 Å². The highest BCUT2D eigenvalue weighted by atomic mass is 16.6. The summed E-state index contributed by atoms with van der Waals surface area (Å²) in [5, 5.41) is 16.4. The first-order valence-corrected chi connectivity index (χ1v) is 8.37. The maximum Gasteiger partial charge on any atom is 0.303 e. The zero-order valence-corrected chi connectivity index (χ0v) is 13.6. The van der Waals surface area contributed by atoms with Gasteiger partial charge in [-0.3, -0.25) is 4.79 Å². The van der Waals surface area contributed by atoms with Crippen molar-refractivity contribution in [2.45, 2.75) is 96.8 Å². The number of rotatable bonds is 14. The van der Waals surface area contributed by atoms with Crippen LogP contribution >= 0.6 is 0 Å². The number of hydrogen-bond acceptors (Lipinski definition) is 3. The van der Waals surface area contributed by atoms with Crippen LogP contribution in [0.1, 0.15) is 96.8 Å². The molecule has 0 aromatic heterocycles. The van der Waals surface area contributed by atoms with Crippen molar-refractivity contribution in [3.05, 3.63) is 4.91 Å². The maximum atomic E-state index is 10.3. The van der Waals surface area contributed by atoms with E-state index in [4.69, 9.17) is 15.2 Å². The average molecular weight is 303 g/mol. The molecule has 0 atom stereocenters. The van der Waals surface area contributed by atoms with Gasteiger partial charge in [0.1, 0.15) is 0 Å². The lowest BCUT2D eigenvalue weighted by Gasteiger charge is -2.02. The Morgan fingerprint density at radius 3 is 1.33 bits per heavy atom. The third-order valence-electron chi connectivity index (χ3n) is 3.49. The van der Waals surface area contributed by atoms with Crippen molar-refractivity contribution in [3.8, 4) is 0 Å². The number of nitrogens with zero attached hydrogens (tertiary/aromatic N) is 1. The monoisotopic (exact) mass is 303 g/mol. The van der Waals surface area contributed by atoms with Gasteiger partial charge in [0.25, 0.3) is 0 Å². The lowest BCUT2D eigenvalue weighted by Crippen LogP contribution is -1.93. The molecule has 0 spiro atoms. The first-order chi connectivity index (χ1) is 10.2. The highest BCUT2D eigenvalue weighted by Crippen LogP contribution is 2.12. The van der Waals surface area contributed by atoms with Crippen molar-refractivity contribution >= 4 is 5.97 Å². The van der Waals surface area contributed by atoms with Gasteiger partial charge in [0.15, 0.2) is 5.34 Å². The summed E-state index contributed by atoms with van der Waals surface area (Å²) in [5.74, 6) is -0.655. The van der Waals surface area contributed by atoms with Gasteiger partial charge in [-0.2, -0.15) is 0 Å². The standard InChI is InChI=1S/C16H32O2.HNO2/c1-2-3-4-5-6-7-8-9-10-11-12-13-14-15-16(17)18;2-1-3/h2-15H2,1H3,(H,17,18);(H,2,3). The Morgan fingerprint density at radius 1 is 0.762 bits per heavy atom. The summed E-state index contributed by atoms with van der Waals surface area (Å²) in [6.07, 6.45) is 17.3. The van der Waals surface area contributed by atoms with E-state index in [0.29, 0.717) is 6.42 Å². The van der Waals surface area contributed by atoms with Crippen LogP contribution in [0.15, 0.2) is 5.34 Å². The van der Waals surface area contributed by atoms with Crippen molar-refractivity contribution in [3.63, 3.8) is 0 Å². The molecule has 0 aromatic rings. The highest BCUT2D eigenvalue weighted by molar-refractivity contribution is 5.66. The fourth-order valence-electron chi connectivity index (χ4n) is 2.29. The minimum absolute atomic E-state index is 0.345. The van der Waals surface area contributed by atoms with E-state index in [1.807, 2.05) is 0 Å². The zero-order valence-electron chi connectivity index (χ0n) is 13.6. The molecule has 0 fully saturated rings. The Labute approximate surface area is 129 Å². The van der Waals surface area contributed by atoms with Crippen molar-refractivity contribution in [2.24, 2.45) is 5.34 Å². The fourth-order valence-corrected chi connectivity index (χ4v) is 2.29. The first kappa shape index (κ1) is 22.2. The van der Waals surface area contributed by atoms with Gasteiger partial charge in [-0.15, -0.1) is 4.91 Å². The summed E-state index contributed by atoms with van der Waals surface area (Å²) in [5.41, 5.74) is 0. The summed E-state index contributed by atoms with van der Waals surface area (Å²) in [6, 6.07) is 0. The minimum atomic E-state index is -0.655. The molecule has 0 heterocycles. The molecule has 0 saturated heterocycles. The maximum absolute atomic E-state index is 10.3. The van der Waals surface area contributed by atoms with E-state index >= 15 is 0 Å². The normalized spacial score (nSPS) is 9.76. The summed E-state index contributed by atoms with van der Waals surface area (Å²) in [4.78, 5) is 18.4. The number of carboxylic acids is 1. The van der Waals surface area contributed by atoms with Crippen LogP contribution in [0.5, 0.6) is 0 Å². The lowest BCUT2D eigenvalue weighted by molar-refractivity contribution is -0.137. The SMILES string of the molecule is CCCCCCCCCCCCCCCC(=O)O.O=NO. The highest BCUT2D eigenvalue weighted by Gasteiger charge is 1.96. The third kappa shape index (κ3) is 27.9. The Bertz CT molecular complexity index is 222. The van der Waals surface area contributed by atoms with Crippen LogP contribution in [0.25, 0.3) is 0 Å². The van der Waals surface area contributed by atoms with Gasteiger partial charge in [-0.05, 0) is 6.42 Å². The van der Waals surface area contributed by atoms with Gasteiger partial charge < -0.3 is 10.3 Å². The number of carboxylic acid groups (broad SMARTS) is 1. The summed E-state index contributed by atoms with van der Waals surface area (Å²) >= 11 is 0. The Morgan fingerprint density at radius 2 is 1.05 bits per heavy atom. The molecule has 2 N–H and O–H groups in total. The van der Waals surface area contributed by atoms with E-state index in [9.17, 15) is 4.79 Å². The third-order valence-corrected chi connectivity index (χ3v) is 3.49. The molecule has 0 radical (unpaired) electrons. The topological polar surface area (TPSA) is 87.0 Å². The van der Waals surface area contributed by atoms with Crippen LogP contribution in [-0.2, 0) is 4.79 Å². The number of unbranched alkanes of at least 4 members (excludes halogenated alkanes) is 12. The van der Waals surface area contributed by atoms with Gasteiger partial charge in [0, 0.05) is 6.42 Å². The van der Waals surface area contributed by atoms with Crippen LogP contribution in [0.2, 0.25) is 0 Å². The quantitative estimate of drug-likeness (QED) is 0.245. The molecule has 0 bridgehead atoms. The molecule has 0 aliphatic carbocycles. The largest absolute Gasteiger partial charge is 0.481 e. The molecule has 0 unspecified atom stereocenters.